The third-order valence-electron chi connectivity index (χ3n) is 3.14. The molecule has 0 fully saturated rings. The number of amides is 1. The molecule has 1 N–H and O–H groups in total. The van der Waals surface area contributed by atoms with E-state index >= 15 is 0 Å². The lowest BCUT2D eigenvalue weighted by atomic mass is 9.94. The van der Waals surface area contributed by atoms with Crippen molar-refractivity contribution in [2.45, 2.75) is 39.3 Å². The van der Waals surface area contributed by atoms with Gasteiger partial charge in [0.25, 0.3) is 0 Å². The van der Waals surface area contributed by atoms with Crippen LogP contribution in [0.2, 0.25) is 0 Å². The fourth-order valence-corrected chi connectivity index (χ4v) is 2.42. The average Bonchev–Trinajstić information content (AvgIpc) is 2.19. The van der Waals surface area contributed by atoms with Gasteiger partial charge in [0.15, 0.2) is 0 Å². The maximum absolute atomic E-state index is 13.3. The Bertz CT molecular complexity index is 468. The van der Waals surface area contributed by atoms with Crippen molar-refractivity contribution in [1.82, 2.24) is 0 Å². The topological polar surface area (TPSA) is 32.3 Å². The number of hydrogen-bond acceptors (Lipinski definition) is 2. The highest BCUT2D eigenvalue weighted by Crippen LogP contribution is 2.38. The van der Waals surface area contributed by atoms with E-state index in [1.165, 1.54) is 12.1 Å². The summed E-state index contributed by atoms with van der Waals surface area (Å²) in [6, 6.07) is 4.55. The van der Waals surface area contributed by atoms with Crippen LogP contribution in [0.5, 0.6) is 0 Å². The number of nitrogens with one attached hydrogen (secondary N) is 1. The minimum atomic E-state index is -0.672. The van der Waals surface area contributed by atoms with Gasteiger partial charge in [0.1, 0.15) is 11.4 Å². The molecular formula is C13H17FN2O. The van der Waals surface area contributed by atoms with Crippen LogP contribution >= 0.6 is 0 Å². The lowest BCUT2D eigenvalue weighted by Crippen LogP contribution is -2.58. The number of hydrogen-bond donors (Lipinski definition) is 1. The van der Waals surface area contributed by atoms with E-state index in [-0.39, 0.29) is 17.8 Å². The van der Waals surface area contributed by atoms with Gasteiger partial charge in [0.2, 0.25) is 5.91 Å². The monoisotopic (exact) mass is 236 g/mol. The van der Waals surface area contributed by atoms with Crippen molar-refractivity contribution >= 4 is 17.3 Å². The van der Waals surface area contributed by atoms with Crippen LogP contribution < -0.4 is 10.2 Å². The standard InChI is InChI=1S/C13H17FN2O/c1-8(2)16-11-7-9(14)5-6-10(11)15-12(17)13(16,3)4/h5-8H,1-4H3,(H,15,17). The van der Waals surface area contributed by atoms with Gasteiger partial charge in [-0.25, -0.2) is 4.39 Å². The summed E-state index contributed by atoms with van der Waals surface area (Å²) in [5.41, 5.74) is 0.739. The molecule has 0 saturated heterocycles. The van der Waals surface area contributed by atoms with E-state index < -0.39 is 5.54 Å². The van der Waals surface area contributed by atoms with Gasteiger partial charge in [-0.1, -0.05) is 0 Å². The lowest BCUT2D eigenvalue weighted by Gasteiger charge is -2.46. The van der Waals surface area contributed by atoms with Gasteiger partial charge in [-0.2, -0.15) is 0 Å². The highest BCUT2D eigenvalue weighted by molar-refractivity contribution is 6.06. The Morgan fingerprint density at radius 2 is 2.00 bits per heavy atom. The Labute approximate surface area is 101 Å². The highest BCUT2D eigenvalue weighted by atomic mass is 19.1. The maximum atomic E-state index is 13.3. The Kier molecular flexibility index (Phi) is 2.60. The molecule has 1 aliphatic rings. The minimum Gasteiger partial charge on any atom is -0.353 e. The summed E-state index contributed by atoms with van der Waals surface area (Å²) in [4.78, 5) is 14.0. The number of nitrogens with zero attached hydrogens (tertiary/aromatic N) is 1. The third kappa shape index (κ3) is 1.77. The molecule has 92 valence electrons. The van der Waals surface area contributed by atoms with Gasteiger partial charge in [0, 0.05) is 6.04 Å². The summed E-state index contributed by atoms with van der Waals surface area (Å²) in [7, 11) is 0. The highest BCUT2D eigenvalue weighted by Gasteiger charge is 2.41. The third-order valence-corrected chi connectivity index (χ3v) is 3.14. The molecule has 1 amide bonds. The van der Waals surface area contributed by atoms with Crippen LogP contribution in [0.1, 0.15) is 27.7 Å². The van der Waals surface area contributed by atoms with Crippen molar-refractivity contribution in [3.8, 4) is 0 Å². The number of rotatable bonds is 1. The van der Waals surface area contributed by atoms with Crippen LogP contribution in [0.4, 0.5) is 15.8 Å². The number of benzene rings is 1. The van der Waals surface area contributed by atoms with Crippen LogP contribution in [0.3, 0.4) is 0 Å². The first kappa shape index (κ1) is 11.9. The second-order valence-corrected chi connectivity index (χ2v) is 5.14. The Balaban J connectivity index is 2.61. The van der Waals surface area contributed by atoms with Crippen molar-refractivity contribution in [2.75, 3.05) is 10.2 Å². The second-order valence-electron chi connectivity index (χ2n) is 5.14. The molecule has 0 aromatic heterocycles. The SMILES string of the molecule is CC(C)N1c2cc(F)ccc2NC(=O)C1(C)C. The molecule has 3 nitrogen and oxygen atoms in total. The van der Waals surface area contributed by atoms with E-state index in [1.807, 2.05) is 32.6 Å². The lowest BCUT2D eigenvalue weighted by molar-refractivity contribution is -0.120. The largest absolute Gasteiger partial charge is 0.353 e. The van der Waals surface area contributed by atoms with E-state index in [1.54, 1.807) is 6.07 Å². The van der Waals surface area contributed by atoms with Crippen molar-refractivity contribution in [1.29, 1.82) is 0 Å². The Morgan fingerprint density at radius 3 is 2.59 bits per heavy atom. The van der Waals surface area contributed by atoms with Gasteiger partial charge >= 0.3 is 0 Å². The molecule has 0 saturated carbocycles. The normalized spacial score (nSPS) is 18.0. The van der Waals surface area contributed by atoms with E-state index in [2.05, 4.69) is 5.32 Å². The molecule has 0 bridgehead atoms. The van der Waals surface area contributed by atoms with Crippen LogP contribution in [-0.4, -0.2) is 17.5 Å². The number of fused-ring (bicyclic) bond motifs is 1. The summed E-state index contributed by atoms with van der Waals surface area (Å²) in [6.07, 6.45) is 0. The summed E-state index contributed by atoms with van der Waals surface area (Å²) >= 11 is 0. The number of halogens is 1. The fourth-order valence-electron chi connectivity index (χ4n) is 2.42. The van der Waals surface area contributed by atoms with Crippen molar-refractivity contribution in [2.24, 2.45) is 0 Å². The van der Waals surface area contributed by atoms with Gasteiger partial charge < -0.3 is 10.2 Å². The van der Waals surface area contributed by atoms with Crippen LogP contribution in [0.25, 0.3) is 0 Å². The maximum Gasteiger partial charge on any atom is 0.249 e. The average molecular weight is 236 g/mol. The number of anilines is 2. The molecule has 0 unspecified atom stereocenters. The predicted molar refractivity (Wildman–Crippen MR) is 66.7 cm³/mol. The van der Waals surface area contributed by atoms with Crippen molar-refractivity contribution in [3.63, 3.8) is 0 Å². The first-order valence-electron chi connectivity index (χ1n) is 5.74. The van der Waals surface area contributed by atoms with Gasteiger partial charge in [-0.3, -0.25) is 4.79 Å². The first-order valence-corrected chi connectivity index (χ1v) is 5.74. The van der Waals surface area contributed by atoms with Gasteiger partial charge in [-0.05, 0) is 45.9 Å². The summed E-state index contributed by atoms with van der Waals surface area (Å²) in [5.74, 6) is -0.355. The molecule has 1 aromatic carbocycles. The molecule has 1 aliphatic heterocycles. The minimum absolute atomic E-state index is 0.0645. The van der Waals surface area contributed by atoms with Crippen LogP contribution in [-0.2, 0) is 4.79 Å². The molecule has 0 aliphatic carbocycles. The zero-order valence-electron chi connectivity index (χ0n) is 10.5. The summed E-state index contributed by atoms with van der Waals surface area (Å²) in [5, 5.41) is 2.81. The van der Waals surface area contributed by atoms with E-state index in [4.69, 9.17) is 0 Å². The molecule has 0 spiro atoms. The van der Waals surface area contributed by atoms with Gasteiger partial charge in [0.05, 0.1) is 11.4 Å². The van der Waals surface area contributed by atoms with E-state index in [9.17, 15) is 9.18 Å². The Hall–Kier alpha value is -1.58. The zero-order valence-corrected chi connectivity index (χ0v) is 10.5. The molecular weight excluding hydrogens is 219 g/mol. The number of carbonyl (C=O) groups excluding carboxylic acids is 1. The summed E-state index contributed by atoms with van der Waals surface area (Å²) in [6.45, 7) is 7.68. The van der Waals surface area contributed by atoms with Crippen LogP contribution in [0.15, 0.2) is 18.2 Å². The molecule has 17 heavy (non-hydrogen) atoms. The molecule has 1 heterocycles. The molecule has 2 rings (SSSR count). The zero-order chi connectivity index (χ0) is 12.8. The van der Waals surface area contributed by atoms with E-state index in [0.717, 1.165) is 5.69 Å². The van der Waals surface area contributed by atoms with Crippen molar-refractivity contribution in [3.05, 3.63) is 24.0 Å². The second kappa shape index (κ2) is 3.72. The van der Waals surface area contributed by atoms with Crippen molar-refractivity contribution < 1.29 is 9.18 Å². The Morgan fingerprint density at radius 1 is 1.35 bits per heavy atom. The quantitative estimate of drug-likeness (QED) is 0.813. The molecule has 4 heteroatoms. The molecule has 0 radical (unpaired) electrons. The smallest absolute Gasteiger partial charge is 0.249 e. The summed E-state index contributed by atoms with van der Waals surface area (Å²) < 4.78 is 13.3. The van der Waals surface area contributed by atoms with Crippen LogP contribution in [0, 0.1) is 5.82 Å². The predicted octanol–water partition coefficient (Wildman–Crippen LogP) is 2.77. The number of carbonyl (C=O) groups is 1. The first-order chi connectivity index (χ1) is 7.84. The molecule has 0 atom stereocenters. The van der Waals surface area contributed by atoms with Gasteiger partial charge in [-0.15, -0.1) is 0 Å². The van der Waals surface area contributed by atoms with E-state index in [0.29, 0.717) is 5.69 Å². The fraction of sp³-hybridized carbons (Fsp3) is 0.462. The molecule has 1 aromatic rings.